The van der Waals surface area contributed by atoms with Crippen LogP contribution in [0.15, 0.2) is 24.3 Å². The normalized spacial score (nSPS) is 14.0. The van der Waals surface area contributed by atoms with Gasteiger partial charge < -0.3 is 29.4 Å². The van der Waals surface area contributed by atoms with Crippen molar-refractivity contribution in [3.8, 4) is 0 Å². The van der Waals surface area contributed by atoms with Crippen LogP contribution in [-0.4, -0.2) is 130 Å². The first kappa shape index (κ1) is 50.3. The number of hydrogen-bond donors (Lipinski definition) is 1. The molecule has 1 aromatic carbocycles. The Hall–Kier alpha value is -3.75. The van der Waals surface area contributed by atoms with Gasteiger partial charge in [-0.2, -0.15) is 0 Å². The summed E-state index contributed by atoms with van der Waals surface area (Å²) in [4.78, 5) is 71.8. The van der Waals surface area contributed by atoms with Crippen molar-refractivity contribution in [1.29, 1.82) is 0 Å². The van der Waals surface area contributed by atoms with Crippen molar-refractivity contribution in [2.45, 2.75) is 157 Å². The summed E-state index contributed by atoms with van der Waals surface area (Å²) < 4.78 is 28.4. The highest BCUT2D eigenvalue weighted by Gasteiger charge is 2.33. The van der Waals surface area contributed by atoms with Crippen LogP contribution in [0.2, 0.25) is 0 Å². The van der Waals surface area contributed by atoms with Gasteiger partial charge in [-0.1, -0.05) is 12.1 Å². The van der Waals surface area contributed by atoms with E-state index in [9.17, 15) is 24.0 Å². The van der Waals surface area contributed by atoms with Crippen LogP contribution in [0.4, 0.5) is 5.69 Å². The molecule has 320 valence electrons. The number of anilines is 1. The molecule has 0 aliphatic heterocycles. The number of esters is 5. The number of ether oxygens (including phenoxy) is 5. The quantitative estimate of drug-likeness (QED) is 0.117. The highest BCUT2D eigenvalue weighted by Crippen LogP contribution is 2.19. The van der Waals surface area contributed by atoms with Crippen LogP contribution in [0.3, 0.4) is 0 Å². The number of carbonyl (C=O) groups excluding carboxylic acids is 5. The molecule has 0 fully saturated rings. The van der Waals surface area contributed by atoms with E-state index in [1.165, 1.54) is 0 Å². The second-order valence-corrected chi connectivity index (χ2v) is 19.4. The Labute approximate surface area is 336 Å². The minimum Gasteiger partial charge on any atom is -0.459 e. The maximum absolute atomic E-state index is 13.5. The average molecular weight is 793 g/mol. The minimum absolute atomic E-state index is 0.145. The highest BCUT2D eigenvalue weighted by molar-refractivity contribution is 5.76. The van der Waals surface area contributed by atoms with Crippen molar-refractivity contribution in [2.75, 3.05) is 51.5 Å². The van der Waals surface area contributed by atoms with E-state index >= 15 is 0 Å². The van der Waals surface area contributed by atoms with Crippen molar-refractivity contribution < 1.29 is 47.7 Å². The molecule has 0 radical (unpaired) electrons. The number of rotatable bonds is 18. The van der Waals surface area contributed by atoms with Gasteiger partial charge in [0.2, 0.25) is 0 Å². The maximum Gasteiger partial charge on any atom is 0.320 e. The summed E-state index contributed by atoms with van der Waals surface area (Å²) in [5.74, 6) is -2.66. The van der Waals surface area contributed by atoms with E-state index in [-0.39, 0.29) is 45.8 Å². The summed E-state index contributed by atoms with van der Waals surface area (Å²) in [5.41, 5.74) is 3.56. The molecule has 0 spiro atoms. The molecule has 0 bridgehead atoms. The van der Waals surface area contributed by atoms with Gasteiger partial charge >= 0.3 is 29.8 Å². The summed E-state index contributed by atoms with van der Waals surface area (Å²) in [6, 6.07) is 6.18. The Morgan fingerprint density at radius 1 is 0.500 bits per heavy atom. The molecule has 0 heterocycles. The lowest BCUT2D eigenvalue weighted by Gasteiger charge is -2.38. The molecule has 2 atom stereocenters. The van der Waals surface area contributed by atoms with Gasteiger partial charge in [-0.3, -0.25) is 38.7 Å². The fourth-order valence-corrected chi connectivity index (χ4v) is 5.62. The lowest BCUT2D eigenvalue weighted by atomic mass is 10.0. The van der Waals surface area contributed by atoms with E-state index in [2.05, 4.69) is 0 Å². The monoisotopic (exact) mass is 793 g/mol. The number of nitrogen functional groups attached to an aromatic ring is 1. The van der Waals surface area contributed by atoms with E-state index in [4.69, 9.17) is 29.4 Å². The lowest BCUT2D eigenvalue weighted by molar-refractivity contribution is -0.163. The molecule has 14 heteroatoms. The topological polar surface area (TPSA) is 167 Å². The molecule has 14 nitrogen and oxygen atoms in total. The number of hydrogen-bond acceptors (Lipinski definition) is 14. The van der Waals surface area contributed by atoms with Crippen LogP contribution in [0.1, 0.15) is 116 Å². The van der Waals surface area contributed by atoms with Crippen LogP contribution in [0.5, 0.6) is 0 Å². The molecule has 1 unspecified atom stereocenters. The average Bonchev–Trinajstić information content (AvgIpc) is 2.92. The lowest BCUT2D eigenvalue weighted by Crippen LogP contribution is -2.54. The van der Waals surface area contributed by atoms with Gasteiger partial charge in [0.05, 0.1) is 32.7 Å². The van der Waals surface area contributed by atoms with Crippen LogP contribution < -0.4 is 5.73 Å². The number of carbonyl (C=O) groups is 5. The maximum atomic E-state index is 13.5. The summed E-state index contributed by atoms with van der Waals surface area (Å²) in [6.45, 7) is 27.5. The van der Waals surface area contributed by atoms with Crippen LogP contribution in [0, 0.1) is 0 Å². The zero-order valence-electron chi connectivity index (χ0n) is 37.1. The van der Waals surface area contributed by atoms with Gasteiger partial charge in [0, 0.05) is 30.9 Å². The Kier molecular flexibility index (Phi) is 18.5. The van der Waals surface area contributed by atoms with Gasteiger partial charge in [0.25, 0.3) is 0 Å². The number of nitrogens with two attached hydrogens (primary N) is 1. The van der Waals surface area contributed by atoms with Crippen LogP contribution >= 0.6 is 0 Å². The van der Waals surface area contributed by atoms with E-state index in [0.29, 0.717) is 12.1 Å². The molecule has 0 amide bonds. The Morgan fingerprint density at radius 2 is 0.804 bits per heavy atom. The van der Waals surface area contributed by atoms with E-state index in [0.717, 1.165) is 5.56 Å². The number of benzene rings is 1. The minimum atomic E-state index is -0.787. The third-order valence-electron chi connectivity index (χ3n) is 7.36. The zero-order valence-corrected chi connectivity index (χ0v) is 37.1. The summed E-state index contributed by atoms with van der Waals surface area (Å²) in [5, 5.41) is 0. The molecule has 0 aliphatic carbocycles. The number of nitrogens with zero attached hydrogens (tertiary/aromatic N) is 3. The van der Waals surface area contributed by atoms with Crippen molar-refractivity contribution in [3.05, 3.63) is 29.8 Å². The van der Waals surface area contributed by atoms with Crippen molar-refractivity contribution in [1.82, 2.24) is 14.7 Å². The molecular weight excluding hydrogens is 720 g/mol. The molecule has 56 heavy (non-hydrogen) atoms. The Balaban J connectivity index is 3.80. The van der Waals surface area contributed by atoms with Crippen molar-refractivity contribution in [3.63, 3.8) is 0 Å². The molecule has 1 rings (SSSR count). The summed E-state index contributed by atoms with van der Waals surface area (Å²) >= 11 is 0. The SMILES string of the molecule is CC(CN(CC(=O)OC(C)(C)C)C[C@H](Cc1ccc(N)cc1)N(CC(=O)OC(C)(C)C)CC(=O)OC(C)(C)C)N(CC(=O)OC(C)(C)C)CC(=O)OC(C)(C)C. The fraction of sp³-hybridized carbons (Fsp3) is 0.738. The molecule has 0 aromatic heterocycles. The first-order chi connectivity index (χ1) is 25.2. The Bertz CT molecular complexity index is 1380. The summed E-state index contributed by atoms with van der Waals surface area (Å²) in [7, 11) is 0. The van der Waals surface area contributed by atoms with E-state index in [1.54, 1.807) is 126 Å². The van der Waals surface area contributed by atoms with Gasteiger partial charge in [0.1, 0.15) is 28.0 Å². The second kappa shape index (κ2) is 20.6. The molecular formula is C42H72N4O10. The van der Waals surface area contributed by atoms with E-state index < -0.39 is 69.9 Å². The van der Waals surface area contributed by atoms with Crippen LogP contribution in [-0.2, 0) is 54.1 Å². The highest BCUT2D eigenvalue weighted by atomic mass is 16.6. The molecule has 0 saturated heterocycles. The largest absolute Gasteiger partial charge is 0.459 e. The predicted octanol–water partition coefficient (Wildman–Crippen LogP) is 5.18. The molecule has 0 aliphatic rings. The van der Waals surface area contributed by atoms with Crippen LogP contribution in [0.25, 0.3) is 0 Å². The molecule has 2 N–H and O–H groups in total. The third-order valence-corrected chi connectivity index (χ3v) is 7.36. The van der Waals surface area contributed by atoms with Gasteiger partial charge in [-0.05, 0) is 135 Å². The van der Waals surface area contributed by atoms with Gasteiger partial charge in [-0.15, -0.1) is 0 Å². The standard InChI is InChI=1S/C42H72N4O10/c1-29(45(25-34(48)53-39(5,6)7)26-35(49)54-40(8,9)10)22-44(24-33(47)52-38(2,3)4)23-32(21-30-17-19-31(43)20-18-30)46(27-36(50)55-41(11,12)13)28-37(51)56-42(14,15)16/h17-20,29,32H,21-28,43H2,1-16H3/t29?,32-/m0/s1. The van der Waals surface area contributed by atoms with E-state index in [1.807, 2.05) is 24.0 Å². The zero-order chi connectivity index (χ0) is 43.4. The predicted molar refractivity (Wildman–Crippen MR) is 217 cm³/mol. The smallest absolute Gasteiger partial charge is 0.320 e. The summed E-state index contributed by atoms with van der Waals surface area (Å²) in [6.07, 6.45) is 0.338. The van der Waals surface area contributed by atoms with Crippen molar-refractivity contribution >= 4 is 35.5 Å². The molecule has 0 saturated carbocycles. The fourth-order valence-electron chi connectivity index (χ4n) is 5.62. The van der Waals surface area contributed by atoms with Crippen molar-refractivity contribution in [2.24, 2.45) is 0 Å². The Morgan fingerprint density at radius 3 is 1.12 bits per heavy atom. The van der Waals surface area contributed by atoms with Gasteiger partial charge in [0.15, 0.2) is 0 Å². The second-order valence-electron chi connectivity index (χ2n) is 19.4. The first-order valence-electron chi connectivity index (χ1n) is 19.3. The first-order valence-corrected chi connectivity index (χ1v) is 19.3. The molecule has 1 aromatic rings. The van der Waals surface area contributed by atoms with Gasteiger partial charge in [-0.25, -0.2) is 0 Å². The third kappa shape index (κ3) is 24.0.